The molecule has 2 aromatic carbocycles. The Morgan fingerprint density at radius 2 is 0.800 bits per heavy atom. The Morgan fingerprint density at radius 3 is 1.00 bits per heavy atom. The van der Waals surface area contributed by atoms with Crippen LogP contribution in [0.3, 0.4) is 0 Å². The molecule has 11 heteroatoms. The maximum Gasteiger partial charge on any atom is 0 e. The molecule has 2 aromatic rings. The molecule has 164 valence electrons. The van der Waals surface area contributed by atoms with Crippen molar-refractivity contribution in [1.29, 1.82) is 0 Å². The maximum atomic E-state index is 7.50. The fourth-order valence-electron chi connectivity index (χ4n) is 3.31. The smallest absolute Gasteiger partial charge is 0 e. The summed E-state index contributed by atoms with van der Waals surface area (Å²) in [5.74, 6) is 0. The molecule has 0 saturated carbocycles. The van der Waals surface area contributed by atoms with E-state index in [9.17, 15) is 0 Å². The fraction of sp³-hybridized carbons (Fsp3) is 0.211. The van der Waals surface area contributed by atoms with Gasteiger partial charge < -0.3 is 29.4 Å². The zero-order valence-electron chi connectivity index (χ0n) is 16.5. The molecular weight excluding hydrogens is 852 g/mol. The van der Waals surface area contributed by atoms with Crippen LogP contribution in [0.5, 0.6) is 0 Å². The second-order valence-electron chi connectivity index (χ2n) is 5.96. The van der Waals surface area contributed by atoms with Gasteiger partial charge in [0.05, 0.1) is 0 Å². The number of rotatable bonds is 0. The van der Waals surface area contributed by atoms with E-state index < -0.39 is 16.1 Å². The molecule has 0 atom stereocenters. The summed E-state index contributed by atoms with van der Waals surface area (Å²) in [6.07, 6.45) is 0. The Balaban J connectivity index is -0.0000000674. The van der Waals surface area contributed by atoms with Crippen molar-refractivity contribution < 1.29 is 93.5 Å². The molecule has 0 N–H and O–H groups in total. The molecule has 0 aliphatic carbocycles. The first-order valence-corrected chi connectivity index (χ1v) is 13.0. The van der Waals surface area contributed by atoms with Crippen LogP contribution in [-0.2, 0) is 64.1 Å². The van der Waals surface area contributed by atoms with E-state index in [4.69, 9.17) is 23.3 Å². The van der Waals surface area contributed by atoms with E-state index in [-0.39, 0.29) is 70.2 Å². The Bertz CT molecular complexity index is 652. The van der Waals surface area contributed by atoms with Gasteiger partial charge in [-0.1, -0.05) is 26.2 Å². The van der Waals surface area contributed by atoms with Gasteiger partial charge in [-0.05, 0) is 0 Å². The summed E-state index contributed by atoms with van der Waals surface area (Å²) >= 11 is 0. The van der Waals surface area contributed by atoms with Gasteiger partial charge in [0.15, 0.2) is 0 Å². The number of hydrogen-bond donors (Lipinski definition) is 0. The second kappa shape index (κ2) is 25.2. The molecule has 2 radical (unpaired) electrons. The van der Waals surface area contributed by atoms with Crippen LogP contribution in [0.15, 0.2) is 36.4 Å². The summed E-state index contributed by atoms with van der Waals surface area (Å²) < 4.78 is 37.5. The quantitative estimate of drug-likeness (QED) is 0.144. The van der Waals surface area contributed by atoms with Crippen LogP contribution in [0, 0.1) is 33.3 Å². The van der Waals surface area contributed by atoms with Crippen molar-refractivity contribution in [1.82, 2.24) is 0 Å². The average Bonchev–Trinajstić information content (AvgIpc) is 3.40. The van der Waals surface area contributed by atoms with Crippen molar-refractivity contribution in [2.75, 3.05) is 0 Å². The minimum Gasteiger partial charge on any atom is -1.00 e. The fourth-order valence-corrected chi connectivity index (χ4v) is 12.7. The van der Waals surface area contributed by atoms with Crippen LogP contribution in [0.25, 0.3) is 0 Å². The first-order chi connectivity index (χ1) is 12.5. The Kier molecular flexibility index (Phi) is 40.0. The second-order valence-corrected chi connectivity index (χ2v) is 14.6. The maximum absolute atomic E-state index is 7.50. The number of halogens is 2. The van der Waals surface area contributed by atoms with E-state index in [1.807, 2.05) is 0 Å². The molecule has 0 spiro atoms. The zero-order chi connectivity index (χ0) is 21.6. The summed E-state index contributed by atoms with van der Waals surface area (Å²) in [6.45, 7) is 32.5. The van der Waals surface area contributed by atoms with Crippen LogP contribution in [0.2, 0.25) is 26.2 Å². The van der Waals surface area contributed by atoms with Gasteiger partial charge in [0.2, 0.25) is 0 Å². The molecule has 5 nitrogen and oxygen atoms in total. The topological polar surface area (TPSA) is 99.5 Å². The summed E-state index contributed by atoms with van der Waals surface area (Å²) in [5.41, 5.74) is 0. The summed E-state index contributed by atoms with van der Waals surface area (Å²) in [5, 5.41) is 6.79. The number of hydrogen-bond acceptors (Lipinski definition) is 0. The van der Waals surface area contributed by atoms with Gasteiger partial charge in [0, 0.05) is 57.0 Å². The third-order valence-corrected chi connectivity index (χ3v) is 12.0. The van der Waals surface area contributed by atoms with E-state index in [2.05, 4.69) is 95.8 Å². The molecule has 3 rings (SSSR count). The van der Waals surface area contributed by atoms with Crippen LogP contribution in [0.1, 0.15) is 0 Å². The van der Waals surface area contributed by atoms with Gasteiger partial charge in [-0.15, -0.1) is 0 Å². The predicted octanol–water partition coefficient (Wildman–Crippen LogP) is -5.10. The summed E-state index contributed by atoms with van der Waals surface area (Å²) in [7, 11) is -2.76. The van der Waals surface area contributed by atoms with Crippen molar-refractivity contribution in [2.24, 2.45) is 0 Å². The Morgan fingerprint density at radius 1 is 0.600 bits per heavy atom. The molecule has 30 heavy (non-hydrogen) atoms. The first kappa shape index (κ1) is 47.6. The van der Waals surface area contributed by atoms with Gasteiger partial charge in [-0.25, -0.2) is 24.3 Å². The van der Waals surface area contributed by atoms with Crippen molar-refractivity contribution in [3.05, 3.63) is 69.7 Å². The van der Waals surface area contributed by atoms with Crippen molar-refractivity contribution >= 4 is 36.9 Å². The molecule has 0 fully saturated rings. The van der Waals surface area contributed by atoms with Crippen LogP contribution < -0.4 is 50.1 Å². The van der Waals surface area contributed by atoms with Crippen LogP contribution in [-0.4, -0.2) is 16.1 Å². The summed E-state index contributed by atoms with van der Waals surface area (Å²) in [6, 6.07) is 14.1. The third-order valence-electron chi connectivity index (χ3n) is 4.33. The van der Waals surface area contributed by atoms with E-state index in [0.29, 0.717) is 0 Å². The average molecular weight is 870 g/mol. The van der Waals surface area contributed by atoms with Crippen LogP contribution in [0.4, 0.5) is 0 Å². The Labute approximate surface area is 224 Å². The normalized spacial score (nSPS) is 11.1. The minimum atomic E-state index is -1.38. The van der Waals surface area contributed by atoms with Gasteiger partial charge in [0.1, 0.15) is 0 Å². The monoisotopic (exact) mass is 870 g/mol. The van der Waals surface area contributed by atoms with E-state index in [0.717, 1.165) is 0 Å². The zero-order valence-corrected chi connectivity index (χ0v) is 26.3. The Hall–Kier alpha value is -0.0716. The molecule has 1 aliphatic rings. The third kappa shape index (κ3) is 10.5. The molecule has 0 aromatic heterocycles. The standard InChI is InChI=1S/C14H18Si2.5CO.BrH.ClH.2Re/c1-15(2)11-7-5-9-13(11)16(3,4)14-10-6-8-12(14)15;5*1-2;;;;/h5-10H,1-4H3;;;;;;2*1H;;/q-2;;;;;;;;;/p-2. The van der Waals surface area contributed by atoms with Gasteiger partial charge in [-0.3, -0.25) is 0 Å². The summed E-state index contributed by atoms with van der Waals surface area (Å²) in [4.78, 5) is 0. The SMILES string of the molecule is C[Si]1(C)c2ccc[c-]2[Si](C)(C)c2ccc[c-]21.[Br-].[C-]#[O+].[C-]#[O+].[C-]#[O+].[C-]#[O+].[C-]#[O+].[Cl-].[Re].[Re]. The van der Waals surface area contributed by atoms with Gasteiger partial charge >= 0.3 is 56.5 Å². The van der Waals surface area contributed by atoms with Crippen molar-refractivity contribution in [3.8, 4) is 0 Å². The van der Waals surface area contributed by atoms with Crippen molar-refractivity contribution in [3.63, 3.8) is 0 Å². The van der Waals surface area contributed by atoms with Gasteiger partial charge in [0.25, 0.3) is 0 Å². The van der Waals surface area contributed by atoms with Crippen LogP contribution >= 0.6 is 0 Å². The van der Waals surface area contributed by atoms with Gasteiger partial charge in [-0.2, -0.15) is 32.9 Å². The van der Waals surface area contributed by atoms with E-state index >= 15 is 0 Å². The predicted molar refractivity (Wildman–Crippen MR) is 97.2 cm³/mol. The minimum absolute atomic E-state index is 0. The first-order valence-electron chi connectivity index (χ1n) is 7.01. The molecule has 0 unspecified atom stereocenters. The molecule has 1 heterocycles. The largest absolute Gasteiger partial charge is 1.00 e. The van der Waals surface area contributed by atoms with E-state index in [1.54, 1.807) is 20.7 Å². The van der Waals surface area contributed by atoms with E-state index in [1.165, 1.54) is 0 Å². The number of fused-ring (bicyclic) bond motifs is 2. The molecule has 0 bridgehead atoms. The molecule has 0 saturated heterocycles. The molecule has 1 aliphatic heterocycles. The van der Waals surface area contributed by atoms with Crippen molar-refractivity contribution in [2.45, 2.75) is 26.2 Å². The molecule has 0 amide bonds. The molecular formula is C19H18BrClO5Re2Si2-4.